The molecule has 2 aromatic carbocycles. The lowest BCUT2D eigenvalue weighted by atomic mass is 9.88. The third kappa shape index (κ3) is 7.23. The first kappa shape index (κ1) is 30.3. The number of ether oxygens (including phenoxy) is 2. The molecular formula is C24H24ClF3N2O9. The van der Waals surface area contributed by atoms with Crippen molar-refractivity contribution in [3.63, 3.8) is 0 Å². The highest BCUT2D eigenvalue weighted by atomic mass is 35.5. The van der Waals surface area contributed by atoms with Crippen LogP contribution in [0.3, 0.4) is 0 Å². The maximum atomic E-state index is 14.1. The Bertz CT molecular complexity index is 1210. The van der Waals surface area contributed by atoms with E-state index in [4.69, 9.17) is 21.1 Å². The topological polar surface area (TPSA) is 175 Å². The first-order valence-corrected chi connectivity index (χ1v) is 11.7. The maximum absolute atomic E-state index is 14.1. The van der Waals surface area contributed by atoms with E-state index in [1.807, 2.05) is 0 Å². The summed E-state index contributed by atoms with van der Waals surface area (Å²) in [6, 6.07) is 6.89. The van der Waals surface area contributed by atoms with Crippen LogP contribution in [0.15, 0.2) is 42.5 Å². The quantitative estimate of drug-likeness (QED) is 0.180. The fraction of sp³-hybridized carbons (Fsp3) is 0.375. The highest BCUT2D eigenvalue weighted by Gasteiger charge is 2.56. The molecule has 0 unspecified atom stereocenters. The number of rotatable bonds is 10. The Morgan fingerprint density at radius 2 is 1.82 bits per heavy atom. The Hall–Kier alpha value is -3.27. The predicted molar refractivity (Wildman–Crippen MR) is 126 cm³/mol. The summed E-state index contributed by atoms with van der Waals surface area (Å²) in [6.07, 6.45) is -11.1. The number of aliphatic carboxylic acids is 1. The molecular weight excluding hydrogens is 553 g/mol. The van der Waals surface area contributed by atoms with Gasteiger partial charge >= 0.3 is 12.1 Å². The minimum absolute atomic E-state index is 0.149. The molecule has 1 heterocycles. The van der Waals surface area contributed by atoms with Crippen molar-refractivity contribution < 1.29 is 57.5 Å². The minimum Gasteiger partial charge on any atom is -0.477 e. The number of aliphatic hydroxyl groups is 3. The summed E-state index contributed by atoms with van der Waals surface area (Å²) in [5, 5.41) is 46.0. The van der Waals surface area contributed by atoms with Gasteiger partial charge in [-0.15, -0.1) is 4.39 Å². The van der Waals surface area contributed by atoms with Crippen molar-refractivity contribution in [3.8, 4) is 0 Å². The van der Waals surface area contributed by atoms with Crippen LogP contribution in [-0.4, -0.2) is 81.3 Å². The molecule has 1 fully saturated rings. The Kier molecular flexibility index (Phi) is 9.88. The molecule has 11 nitrogen and oxygen atoms in total. The monoisotopic (exact) mass is 576 g/mol. The van der Waals surface area contributed by atoms with E-state index < -0.39 is 91.1 Å². The summed E-state index contributed by atoms with van der Waals surface area (Å²) >= 11 is 5.77. The zero-order valence-corrected chi connectivity index (χ0v) is 20.6. The third-order valence-corrected chi connectivity index (χ3v) is 6.23. The zero-order valence-electron chi connectivity index (χ0n) is 19.9. The van der Waals surface area contributed by atoms with E-state index in [0.29, 0.717) is 5.02 Å². The van der Waals surface area contributed by atoms with Gasteiger partial charge in [-0.05, 0) is 30.3 Å². The van der Waals surface area contributed by atoms with E-state index in [1.165, 1.54) is 24.3 Å². The van der Waals surface area contributed by atoms with Crippen LogP contribution in [0, 0.1) is 11.6 Å². The molecule has 2 amide bonds. The average Bonchev–Trinajstić information content (AvgIpc) is 2.88. The normalized spacial score (nSPS) is 24.4. The van der Waals surface area contributed by atoms with Gasteiger partial charge in [-0.1, -0.05) is 23.7 Å². The van der Waals surface area contributed by atoms with Gasteiger partial charge in [-0.2, -0.15) is 0 Å². The molecule has 0 spiro atoms. The van der Waals surface area contributed by atoms with Crippen molar-refractivity contribution in [1.82, 2.24) is 10.6 Å². The lowest BCUT2D eigenvalue weighted by molar-refractivity contribution is -0.314. The summed E-state index contributed by atoms with van der Waals surface area (Å²) in [5.74, 6) is -7.94. The van der Waals surface area contributed by atoms with Gasteiger partial charge < -0.3 is 40.5 Å². The number of halogens is 4. The lowest BCUT2D eigenvalue weighted by Crippen LogP contribution is -2.68. The highest BCUT2D eigenvalue weighted by Crippen LogP contribution is 2.34. The van der Waals surface area contributed by atoms with Crippen LogP contribution in [0.25, 0.3) is 0 Å². The van der Waals surface area contributed by atoms with Gasteiger partial charge in [-0.3, -0.25) is 4.79 Å². The SMILES string of the molecule is O=C(F)N[C@H]1[C@H]([C@@H](O)[C@H](O)CNC(=O)c2ccc(Cl)cc2)O[C@@](OCc2cccc(F)c2F)(C(=O)O)C[C@@H]1O. The maximum Gasteiger partial charge on any atom is 0.397 e. The van der Waals surface area contributed by atoms with Gasteiger partial charge in [0.2, 0.25) is 0 Å². The molecule has 39 heavy (non-hydrogen) atoms. The molecule has 15 heteroatoms. The second kappa shape index (κ2) is 12.7. The van der Waals surface area contributed by atoms with E-state index in [2.05, 4.69) is 5.32 Å². The number of carboxylic acids is 1. The van der Waals surface area contributed by atoms with E-state index >= 15 is 0 Å². The van der Waals surface area contributed by atoms with Crippen molar-refractivity contribution >= 4 is 29.6 Å². The van der Waals surface area contributed by atoms with Crippen molar-refractivity contribution in [1.29, 1.82) is 0 Å². The van der Waals surface area contributed by atoms with Gasteiger partial charge in [0.15, 0.2) is 11.6 Å². The highest BCUT2D eigenvalue weighted by molar-refractivity contribution is 6.30. The molecule has 0 radical (unpaired) electrons. The number of carboxylic acid groups (broad SMARTS) is 1. The largest absolute Gasteiger partial charge is 0.477 e. The summed E-state index contributed by atoms with van der Waals surface area (Å²) < 4.78 is 51.5. The van der Waals surface area contributed by atoms with Crippen LogP contribution in [-0.2, 0) is 20.9 Å². The molecule has 1 aliphatic rings. The predicted octanol–water partition coefficient (Wildman–Crippen LogP) is 1.26. The minimum atomic E-state index is -2.81. The van der Waals surface area contributed by atoms with Crippen LogP contribution in [0.5, 0.6) is 0 Å². The molecule has 1 saturated heterocycles. The van der Waals surface area contributed by atoms with Gasteiger partial charge in [-0.25, -0.2) is 18.4 Å². The van der Waals surface area contributed by atoms with E-state index in [9.17, 15) is 48.0 Å². The first-order valence-electron chi connectivity index (χ1n) is 11.4. The van der Waals surface area contributed by atoms with Gasteiger partial charge in [0, 0.05) is 29.1 Å². The number of carbonyl (C=O) groups excluding carboxylic acids is 2. The smallest absolute Gasteiger partial charge is 0.397 e. The fourth-order valence-electron chi connectivity index (χ4n) is 3.94. The average molecular weight is 577 g/mol. The summed E-state index contributed by atoms with van der Waals surface area (Å²) in [4.78, 5) is 35.5. The van der Waals surface area contributed by atoms with E-state index in [0.717, 1.165) is 18.2 Å². The van der Waals surface area contributed by atoms with E-state index in [-0.39, 0.29) is 5.56 Å². The number of amides is 2. The molecule has 1 aliphatic heterocycles. The fourth-order valence-corrected chi connectivity index (χ4v) is 4.07. The van der Waals surface area contributed by atoms with Crippen LogP contribution in [0.1, 0.15) is 22.3 Å². The molecule has 6 atom stereocenters. The molecule has 0 aliphatic carbocycles. The van der Waals surface area contributed by atoms with Gasteiger partial charge in [0.25, 0.3) is 11.7 Å². The summed E-state index contributed by atoms with van der Waals surface area (Å²) in [7, 11) is 0. The molecule has 2 aromatic rings. The molecule has 212 valence electrons. The Labute approximate surface area is 224 Å². The Morgan fingerprint density at radius 1 is 1.15 bits per heavy atom. The van der Waals surface area contributed by atoms with Crippen molar-refractivity contribution in [3.05, 3.63) is 70.2 Å². The molecule has 0 saturated carbocycles. The van der Waals surface area contributed by atoms with Crippen LogP contribution >= 0.6 is 11.6 Å². The third-order valence-electron chi connectivity index (χ3n) is 5.98. The Balaban J connectivity index is 1.80. The molecule has 0 aromatic heterocycles. The van der Waals surface area contributed by atoms with Crippen LogP contribution in [0.2, 0.25) is 5.02 Å². The Morgan fingerprint density at radius 3 is 2.44 bits per heavy atom. The van der Waals surface area contributed by atoms with Crippen molar-refractivity contribution in [2.45, 2.75) is 49.3 Å². The van der Waals surface area contributed by atoms with Crippen molar-refractivity contribution in [2.24, 2.45) is 0 Å². The van der Waals surface area contributed by atoms with Gasteiger partial charge in [0.05, 0.1) is 24.9 Å². The number of benzene rings is 2. The van der Waals surface area contributed by atoms with Crippen LogP contribution in [0.4, 0.5) is 18.0 Å². The van der Waals surface area contributed by atoms with Crippen molar-refractivity contribution in [2.75, 3.05) is 6.54 Å². The number of carbonyl (C=O) groups is 3. The zero-order chi connectivity index (χ0) is 28.9. The number of aliphatic hydroxyl groups excluding tert-OH is 3. The second-order valence-corrected chi connectivity index (χ2v) is 9.07. The lowest BCUT2D eigenvalue weighted by Gasteiger charge is -2.46. The standard InChI is InChI=1S/C24H24ClF3N2O9/c25-13-6-4-11(5-7-13)21(34)29-9-16(32)19(33)20-18(30-23(28)37)15(31)8-24(39-20,22(35)36)38-10-12-2-1-3-14(26)17(12)27/h1-7,15-16,18-20,31-33H,8-10H2,(H,29,34)(H,30,37)(H,35,36)/t15-,16+,18+,19-,20+,24+/m0/s1. The second-order valence-electron chi connectivity index (χ2n) is 8.63. The molecule has 6 N–H and O–H groups in total. The number of nitrogens with one attached hydrogen (secondary N) is 2. The number of hydrogen-bond acceptors (Lipinski definition) is 8. The molecule has 0 bridgehead atoms. The molecule has 3 rings (SSSR count). The van der Waals surface area contributed by atoms with Gasteiger partial charge in [0.1, 0.15) is 12.2 Å². The van der Waals surface area contributed by atoms with E-state index in [1.54, 1.807) is 5.32 Å². The number of hydrogen-bond donors (Lipinski definition) is 6. The first-order chi connectivity index (χ1) is 18.3. The summed E-state index contributed by atoms with van der Waals surface area (Å²) in [6.45, 7) is -1.50. The summed E-state index contributed by atoms with van der Waals surface area (Å²) in [5.41, 5.74) is -0.259. The van der Waals surface area contributed by atoms with Crippen LogP contribution < -0.4 is 10.6 Å².